The number of halogens is 1. The Labute approximate surface area is 169 Å². The van der Waals surface area contributed by atoms with Crippen LogP contribution in [0.15, 0.2) is 42.5 Å². The van der Waals surface area contributed by atoms with Gasteiger partial charge in [0.05, 0.1) is 7.11 Å². The van der Waals surface area contributed by atoms with Crippen molar-refractivity contribution in [3.8, 4) is 11.5 Å². The van der Waals surface area contributed by atoms with Crippen molar-refractivity contribution in [1.82, 2.24) is 5.32 Å². The lowest BCUT2D eigenvalue weighted by molar-refractivity contribution is 0.240. The molecule has 0 amide bonds. The summed E-state index contributed by atoms with van der Waals surface area (Å²) in [4.78, 5) is 0. The summed E-state index contributed by atoms with van der Waals surface area (Å²) in [5, 5.41) is 4.30. The Balaban J connectivity index is 2.08. The first-order chi connectivity index (χ1) is 12.6. The molecule has 0 aliphatic carbocycles. The summed E-state index contributed by atoms with van der Waals surface area (Å²) < 4.78 is 11.5. The molecule has 0 radical (unpaired) electrons. The molecule has 0 aliphatic rings. The smallest absolute Gasteiger partial charge is 0.163 e. The van der Waals surface area contributed by atoms with Crippen molar-refractivity contribution in [3.63, 3.8) is 0 Å². The molecule has 0 atom stereocenters. The van der Waals surface area contributed by atoms with E-state index >= 15 is 0 Å². The van der Waals surface area contributed by atoms with Crippen LogP contribution >= 0.6 is 11.6 Å². The summed E-state index contributed by atoms with van der Waals surface area (Å²) in [7, 11) is 1.65. The van der Waals surface area contributed by atoms with Crippen molar-refractivity contribution in [2.45, 2.75) is 59.7 Å². The van der Waals surface area contributed by atoms with Gasteiger partial charge in [0, 0.05) is 23.2 Å². The van der Waals surface area contributed by atoms with Crippen LogP contribution in [0.25, 0.3) is 0 Å². The van der Waals surface area contributed by atoms with Crippen LogP contribution in [-0.2, 0) is 13.2 Å². The second-order valence-corrected chi connectivity index (χ2v) is 9.25. The van der Waals surface area contributed by atoms with Crippen LogP contribution in [0.5, 0.6) is 11.5 Å². The Bertz CT molecular complexity index is 736. The van der Waals surface area contributed by atoms with Gasteiger partial charge in [0.1, 0.15) is 6.61 Å². The summed E-state index contributed by atoms with van der Waals surface area (Å²) in [5.41, 5.74) is 2.37. The first-order valence-corrected chi connectivity index (χ1v) is 9.76. The van der Waals surface area contributed by atoms with Crippen LogP contribution in [0.3, 0.4) is 0 Å². The van der Waals surface area contributed by atoms with E-state index in [1.807, 2.05) is 42.5 Å². The lowest BCUT2D eigenvalue weighted by Gasteiger charge is -2.33. The van der Waals surface area contributed by atoms with Gasteiger partial charge in [-0.2, -0.15) is 0 Å². The highest BCUT2D eigenvalue weighted by Crippen LogP contribution is 2.34. The van der Waals surface area contributed by atoms with Gasteiger partial charge in [-0.25, -0.2) is 0 Å². The third-order valence-corrected chi connectivity index (χ3v) is 4.65. The van der Waals surface area contributed by atoms with Crippen molar-refractivity contribution in [1.29, 1.82) is 0 Å². The molecule has 0 saturated heterocycles. The molecule has 0 bridgehead atoms. The predicted molar refractivity (Wildman–Crippen MR) is 114 cm³/mol. The summed E-state index contributed by atoms with van der Waals surface area (Å²) in [6.07, 6.45) is 1.06. The summed E-state index contributed by atoms with van der Waals surface area (Å²) in [6.45, 7) is 12.4. The quantitative estimate of drug-likeness (QED) is 0.580. The molecule has 2 aromatic rings. The number of ether oxygens (including phenoxy) is 2. The third-order valence-electron chi connectivity index (χ3n) is 4.30. The molecule has 0 fully saturated rings. The fourth-order valence-corrected chi connectivity index (χ4v) is 3.66. The molecule has 3 nitrogen and oxygen atoms in total. The minimum Gasteiger partial charge on any atom is -0.493 e. The molecule has 148 valence electrons. The van der Waals surface area contributed by atoms with E-state index in [-0.39, 0.29) is 11.0 Å². The summed E-state index contributed by atoms with van der Waals surface area (Å²) in [5.74, 6) is 1.35. The van der Waals surface area contributed by atoms with Gasteiger partial charge in [-0.05, 0) is 42.9 Å². The predicted octanol–water partition coefficient (Wildman–Crippen LogP) is 6.23. The maximum absolute atomic E-state index is 6.53. The van der Waals surface area contributed by atoms with E-state index < -0.39 is 0 Å². The highest BCUT2D eigenvalue weighted by molar-refractivity contribution is 6.31. The van der Waals surface area contributed by atoms with E-state index in [9.17, 15) is 0 Å². The van der Waals surface area contributed by atoms with E-state index in [1.54, 1.807) is 7.11 Å². The molecule has 0 aromatic heterocycles. The van der Waals surface area contributed by atoms with Gasteiger partial charge < -0.3 is 14.8 Å². The normalized spacial score (nSPS) is 12.1. The van der Waals surface area contributed by atoms with Crippen LogP contribution in [0.4, 0.5) is 0 Å². The van der Waals surface area contributed by atoms with E-state index in [4.69, 9.17) is 21.1 Å². The van der Waals surface area contributed by atoms with Gasteiger partial charge in [0.2, 0.25) is 0 Å². The first-order valence-electron chi connectivity index (χ1n) is 9.38. The van der Waals surface area contributed by atoms with Gasteiger partial charge >= 0.3 is 0 Å². The van der Waals surface area contributed by atoms with Gasteiger partial charge in [-0.3, -0.25) is 0 Å². The van der Waals surface area contributed by atoms with Crippen molar-refractivity contribution >= 4 is 11.6 Å². The molecule has 0 unspecified atom stereocenters. The zero-order valence-corrected chi connectivity index (χ0v) is 18.1. The lowest BCUT2D eigenvalue weighted by Crippen LogP contribution is -2.41. The minimum absolute atomic E-state index is 0.0112. The van der Waals surface area contributed by atoms with Crippen LogP contribution < -0.4 is 14.8 Å². The maximum Gasteiger partial charge on any atom is 0.163 e. The zero-order chi connectivity index (χ0) is 20.1. The van der Waals surface area contributed by atoms with E-state index in [0.717, 1.165) is 17.5 Å². The molecule has 0 spiro atoms. The SMILES string of the molecule is COc1cc(CNC(C)(C)CC(C)(C)C)c(Cl)cc1OCc1ccccc1. The van der Waals surface area contributed by atoms with Crippen molar-refractivity contribution in [2.24, 2.45) is 5.41 Å². The summed E-state index contributed by atoms with van der Waals surface area (Å²) >= 11 is 6.53. The molecule has 0 aliphatic heterocycles. The van der Waals surface area contributed by atoms with Crippen molar-refractivity contribution in [2.75, 3.05) is 7.11 Å². The zero-order valence-electron chi connectivity index (χ0n) is 17.4. The highest BCUT2D eigenvalue weighted by Gasteiger charge is 2.25. The Morgan fingerprint density at radius 2 is 1.63 bits per heavy atom. The van der Waals surface area contributed by atoms with Gasteiger partial charge in [-0.1, -0.05) is 62.7 Å². The van der Waals surface area contributed by atoms with Crippen LogP contribution in [0.1, 0.15) is 52.2 Å². The number of methoxy groups -OCH3 is 1. The lowest BCUT2D eigenvalue weighted by atomic mass is 9.82. The van der Waals surface area contributed by atoms with E-state index in [0.29, 0.717) is 29.7 Å². The standard InChI is InChI=1S/C23H32ClNO2/c1-22(2,3)16-23(4,5)25-14-18-12-20(26-6)21(13-19(18)24)27-15-17-10-8-7-9-11-17/h7-13,25H,14-16H2,1-6H3. The van der Waals surface area contributed by atoms with Crippen molar-refractivity contribution < 1.29 is 9.47 Å². The first kappa shape index (κ1) is 21.6. The number of benzene rings is 2. The molecular weight excluding hydrogens is 358 g/mol. The Morgan fingerprint density at radius 1 is 0.963 bits per heavy atom. The Kier molecular flexibility index (Phi) is 7.19. The van der Waals surface area contributed by atoms with Gasteiger partial charge in [-0.15, -0.1) is 0 Å². The average molecular weight is 390 g/mol. The second kappa shape index (κ2) is 8.99. The molecule has 0 saturated carbocycles. The number of hydrogen-bond donors (Lipinski definition) is 1. The fraction of sp³-hybridized carbons (Fsp3) is 0.478. The van der Waals surface area contributed by atoms with E-state index in [2.05, 4.69) is 39.9 Å². The largest absolute Gasteiger partial charge is 0.493 e. The molecule has 2 aromatic carbocycles. The minimum atomic E-state index is 0.0112. The number of hydrogen-bond acceptors (Lipinski definition) is 3. The third kappa shape index (κ3) is 7.08. The molecular formula is C23H32ClNO2. The number of rotatable bonds is 8. The fourth-order valence-electron chi connectivity index (χ4n) is 3.44. The summed E-state index contributed by atoms with van der Waals surface area (Å²) in [6, 6.07) is 13.9. The van der Waals surface area contributed by atoms with Crippen LogP contribution in [0, 0.1) is 5.41 Å². The molecule has 1 N–H and O–H groups in total. The van der Waals surface area contributed by atoms with Crippen LogP contribution in [-0.4, -0.2) is 12.6 Å². The maximum atomic E-state index is 6.53. The Hall–Kier alpha value is -1.71. The molecule has 2 rings (SSSR count). The molecule has 27 heavy (non-hydrogen) atoms. The average Bonchev–Trinajstić information content (AvgIpc) is 2.58. The van der Waals surface area contributed by atoms with Crippen LogP contribution in [0.2, 0.25) is 5.02 Å². The molecule has 4 heteroatoms. The van der Waals surface area contributed by atoms with E-state index in [1.165, 1.54) is 0 Å². The second-order valence-electron chi connectivity index (χ2n) is 8.84. The van der Waals surface area contributed by atoms with Gasteiger partial charge in [0.15, 0.2) is 11.5 Å². The van der Waals surface area contributed by atoms with Crippen molar-refractivity contribution in [3.05, 3.63) is 58.6 Å². The highest BCUT2D eigenvalue weighted by atomic mass is 35.5. The number of nitrogens with one attached hydrogen (secondary N) is 1. The molecule has 0 heterocycles. The Morgan fingerprint density at radius 3 is 2.22 bits per heavy atom. The monoisotopic (exact) mass is 389 g/mol. The van der Waals surface area contributed by atoms with Gasteiger partial charge in [0.25, 0.3) is 0 Å². The topological polar surface area (TPSA) is 30.5 Å².